The van der Waals surface area contributed by atoms with E-state index in [4.69, 9.17) is 14.2 Å². The van der Waals surface area contributed by atoms with E-state index in [1.807, 2.05) is 30.3 Å². The van der Waals surface area contributed by atoms with Crippen molar-refractivity contribution in [3.63, 3.8) is 0 Å². The quantitative estimate of drug-likeness (QED) is 0.128. The Kier molecular flexibility index (Phi) is 12.7. The van der Waals surface area contributed by atoms with Gasteiger partial charge in [-0.3, -0.25) is 9.69 Å². The zero-order valence-electron chi connectivity index (χ0n) is 29.6. The van der Waals surface area contributed by atoms with Gasteiger partial charge in [0, 0.05) is 62.4 Å². The number of benzene rings is 4. The van der Waals surface area contributed by atoms with Crippen LogP contribution in [0.15, 0.2) is 103 Å². The monoisotopic (exact) mass is 673 g/mol. The molecule has 0 spiro atoms. The van der Waals surface area contributed by atoms with Gasteiger partial charge in [-0.25, -0.2) is 0 Å². The summed E-state index contributed by atoms with van der Waals surface area (Å²) in [6.45, 7) is 8.13. The molecule has 6 rings (SSSR count). The van der Waals surface area contributed by atoms with Gasteiger partial charge >= 0.3 is 0 Å². The number of hydrogen-bond donors (Lipinski definition) is 1. The highest BCUT2D eigenvalue weighted by Gasteiger charge is 2.21. The molecular weight excluding hydrogens is 622 g/mol. The summed E-state index contributed by atoms with van der Waals surface area (Å²) in [4.78, 5) is 18.6. The average Bonchev–Trinajstić information content (AvgIpc) is 3.34. The number of rotatable bonds is 15. The lowest BCUT2D eigenvalue weighted by molar-refractivity contribution is -0.112. The van der Waals surface area contributed by atoms with Crippen molar-refractivity contribution in [2.45, 2.75) is 58.2 Å². The van der Waals surface area contributed by atoms with Gasteiger partial charge in [0.05, 0.1) is 6.61 Å². The van der Waals surface area contributed by atoms with E-state index >= 15 is 0 Å². The third kappa shape index (κ3) is 9.84. The van der Waals surface area contributed by atoms with Crippen LogP contribution in [-0.4, -0.2) is 63.5 Å². The van der Waals surface area contributed by atoms with E-state index in [-0.39, 0.29) is 5.91 Å². The number of hydrogen-bond acceptors (Lipinski definition) is 6. The first-order valence-electron chi connectivity index (χ1n) is 18.2. The Morgan fingerprint density at radius 2 is 1.64 bits per heavy atom. The minimum absolute atomic E-state index is 0.0600. The first-order chi connectivity index (χ1) is 24.6. The van der Waals surface area contributed by atoms with E-state index in [9.17, 15) is 4.79 Å². The molecule has 2 heterocycles. The Hall–Kier alpha value is -4.43. The standard InChI is InChI=1S/C43H51N3O4/c1-3-4-24-48-27-28-50-41-17-12-35(13-18-41)36-14-19-42-38(29-36)30-37(20-23-46(42)32-33-8-6-5-7-9-33)43(47)44-39-15-10-34(11-16-39)31-45(2)40-21-25-49-26-22-40/h5-19,29-30,40H,3-4,20-28,31-32H2,1-2H3,(H,44,47). The zero-order valence-corrected chi connectivity index (χ0v) is 29.6. The van der Waals surface area contributed by atoms with E-state index in [1.165, 1.54) is 11.1 Å². The normalized spacial score (nSPS) is 14.9. The number of unbranched alkanes of at least 4 members (excludes halogenated alkanes) is 1. The van der Waals surface area contributed by atoms with Crippen LogP contribution in [0, 0.1) is 0 Å². The maximum Gasteiger partial charge on any atom is 0.251 e. The number of anilines is 2. The van der Waals surface area contributed by atoms with Crippen molar-refractivity contribution in [2.75, 3.05) is 56.8 Å². The van der Waals surface area contributed by atoms with Gasteiger partial charge in [-0.1, -0.05) is 74.0 Å². The third-order valence-electron chi connectivity index (χ3n) is 9.64. The second-order valence-corrected chi connectivity index (χ2v) is 13.3. The maximum atomic E-state index is 13.8. The molecule has 4 aromatic rings. The second kappa shape index (κ2) is 18.0. The summed E-state index contributed by atoms with van der Waals surface area (Å²) in [5, 5.41) is 3.18. The van der Waals surface area contributed by atoms with Crippen LogP contribution in [0.25, 0.3) is 17.2 Å². The number of ether oxygens (including phenoxy) is 3. The lowest BCUT2D eigenvalue weighted by Crippen LogP contribution is -2.36. The summed E-state index contributed by atoms with van der Waals surface area (Å²) >= 11 is 0. The number of nitrogens with one attached hydrogen (secondary N) is 1. The molecule has 0 aromatic heterocycles. The van der Waals surface area contributed by atoms with E-state index in [0.29, 0.717) is 25.7 Å². The van der Waals surface area contributed by atoms with Crippen molar-refractivity contribution in [1.29, 1.82) is 0 Å². The van der Waals surface area contributed by atoms with Crippen molar-refractivity contribution < 1.29 is 19.0 Å². The Labute approximate surface area is 297 Å². The molecule has 0 unspecified atom stereocenters. The highest BCUT2D eigenvalue weighted by Crippen LogP contribution is 2.34. The summed E-state index contributed by atoms with van der Waals surface area (Å²) in [5.74, 6) is 0.769. The SMILES string of the molecule is CCCCOCCOc1ccc(-c2ccc3c(c2)C=C(C(=O)Nc2ccc(CN(C)C4CCOCC4)cc2)CCN3Cc2ccccc2)cc1. The van der Waals surface area contributed by atoms with Gasteiger partial charge in [0.25, 0.3) is 5.91 Å². The van der Waals surface area contributed by atoms with E-state index in [1.54, 1.807) is 0 Å². The summed E-state index contributed by atoms with van der Waals surface area (Å²) in [6, 6.07) is 34.1. The first kappa shape index (κ1) is 35.4. The molecular formula is C43H51N3O4. The molecule has 4 aromatic carbocycles. The van der Waals surface area contributed by atoms with E-state index < -0.39 is 0 Å². The number of nitrogens with zero attached hydrogens (tertiary/aromatic N) is 2. The molecule has 1 fully saturated rings. The molecule has 0 bridgehead atoms. The molecule has 1 saturated heterocycles. The summed E-state index contributed by atoms with van der Waals surface area (Å²) < 4.78 is 17.1. The average molecular weight is 674 g/mol. The molecule has 0 atom stereocenters. The molecule has 50 heavy (non-hydrogen) atoms. The van der Waals surface area contributed by atoms with Crippen LogP contribution in [-0.2, 0) is 27.4 Å². The molecule has 0 saturated carbocycles. The van der Waals surface area contributed by atoms with E-state index in [0.717, 1.165) is 105 Å². The number of amides is 1. The van der Waals surface area contributed by atoms with Gasteiger partial charge < -0.3 is 24.4 Å². The van der Waals surface area contributed by atoms with Crippen molar-refractivity contribution >= 4 is 23.4 Å². The third-order valence-corrected chi connectivity index (χ3v) is 9.64. The molecule has 7 heteroatoms. The van der Waals surface area contributed by atoms with Crippen LogP contribution in [0.1, 0.15) is 55.7 Å². The predicted octanol–water partition coefficient (Wildman–Crippen LogP) is 8.59. The fourth-order valence-corrected chi connectivity index (χ4v) is 6.68. The Bertz CT molecular complexity index is 1680. The number of fused-ring (bicyclic) bond motifs is 1. The van der Waals surface area contributed by atoms with Crippen molar-refractivity contribution in [3.05, 3.63) is 119 Å². The lowest BCUT2D eigenvalue weighted by atomic mass is 10.00. The van der Waals surface area contributed by atoms with Gasteiger partial charge in [0.1, 0.15) is 12.4 Å². The molecule has 0 aliphatic carbocycles. The maximum absolute atomic E-state index is 13.8. The lowest BCUT2D eigenvalue weighted by Gasteiger charge is -2.31. The first-order valence-corrected chi connectivity index (χ1v) is 18.2. The molecule has 2 aliphatic heterocycles. The molecule has 262 valence electrons. The summed E-state index contributed by atoms with van der Waals surface area (Å²) in [7, 11) is 2.19. The minimum atomic E-state index is -0.0600. The van der Waals surface area contributed by atoms with Gasteiger partial charge in [0.15, 0.2) is 0 Å². The fourth-order valence-electron chi connectivity index (χ4n) is 6.68. The van der Waals surface area contributed by atoms with Crippen LogP contribution < -0.4 is 15.0 Å². The van der Waals surface area contributed by atoms with Crippen LogP contribution in [0.5, 0.6) is 5.75 Å². The topological polar surface area (TPSA) is 63.3 Å². The Morgan fingerprint density at radius 3 is 2.40 bits per heavy atom. The zero-order chi connectivity index (χ0) is 34.5. The highest BCUT2D eigenvalue weighted by atomic mass is 16.5. The minimum Gasteiger partial charge on any atom is -0.491 e. The molecule has 0 radical (unpaired) electrons. The summed E-state index contributed by atoms with van der Waals surface area (Å²) in [5.41, 5.74) is 8.41. The molecule has 7 nitrogen and oxygen atoms in total. The van der Waals surface area contributed by atoms with Crippen LogP contribution in [0.3, 0.4) is 0 Å². The highest BCUT2D eigenvalue weighted by molar-refractivity contribution is 6.07. The molecule has 1 amide bonds. The number of carbonyl (C=O) groups is 1. The predicted molar refractivity (Wildman–Crippen MR) is 204 cm³/mol. The molecule has 2 aliphatic rings. The van der Waals surface area contributed by atoms with Crippen LogP contribution in [0.2, 0.25) is 0 Å². The van der Waals surface area contributed by atoms with Gasteiger partial charge in [-0.15, -0.1) is 0 Å². The second-order valence-electron chi connectivity index (χ2n) is 13.3. The van der Waals surface area contributed by atoms with Crippen LogP contribution in [0.4, 0.5) is 11.4 Å². The van der Waals surface area contributed by atoms with Gasteiger partial charge in [-0.05, 0) is 103 Å². The fraction of sp³-hybridized carbons (Fsp3) is 0.372. The van der Waals surface area contributed by atoms with Crippen LogP contribution >= 0.6 is 0 Å². The van der Waals surface area contributed by atoms with Gasteiger partial charge in [-0.2, -0.15) is 0 Å². The number of carbonyl (C=O) groups excluding carboxylic acids is 1. The van der Waals surface area contributed by atoms with Crippen molar-refractivity contribution in [1.82, 2.24) is 4.90 Å². The smallest absolute Gasteiger partial charge is 0.251 e. The van der Waals surface area contributed by atoms with Gasteiger partial charge in [0.2, 0.25) is 0 Å². The molecule has 1 N–H and O–H groups in total. The van der Waals surface area contributed by atoms with Crippen molar-refractivity contribution in [3.8, 4) is 16.9 Å². The summed E-state index contributed by atoms with van der Waals surface area (Å²) in [6.07, 6.45) is 7.07. The van der Waals surface area contributed by atoms with E-state index in [2.05, 4.69) is 102 Å². The largest absolute Gasteiger partial charge is 0.491 e. The van der Waals surface area contributed by atoms with Crippen molar-refractivity contribution in [2.24, 2.45) is 0 Å². The Morgan fingerprint density at radius 1 is 0.880 bits per heavy atom. The Balaban J connectivity index is 1.16.